The van der Waals surface area contributed by atoms with E-state index in [1.807, 2.05) is 0 Å². The van der Waals surface area contributed by atoms with Gasteiger partial charge in [-0.3, -0.25) is 24.0 Å². The van der Waals surface area contributed by atoms with Crippen molar-refractivity contribution in [2.75, 3.05) is 12.0 Å². The molecule has 216 valence electrons. The first-order valence-electron chi connectivity index (χ1n) is 12.1. The molecule has 0 saturated heterocycles. The molecule has 0 bridgehead atoms. The van der Waals surface area contributed by atoms with Crippen LogP contribution in [0.5, 0.6) is 5.75 Å². The number of aliphatic carboxylic acids is 1. The Labute approximate surface area is 229 Å². The molecule has 0 aliphatic rings. The second-order valence-electron chi connectivity index (χ2n) is 8.79. The van der Waals surface area contributed by atoms with Crippen LogP contribution in [-0.2, 0) is 35.2 Å². The summed E-state index contributed by atoms with van der Waals surface area (Å²) in [7, 11) is 0. The van der Waals surface area contributed by atoms with Gasteiger partial charge in [-0.2, -0.15) is 11.8 Å². The fraction of sp³-hybridized carbons (Fsp3) is 0.500. The van der Waals surface area contributed by atoms with Gasteiger partial charge >= 0.3 is 5.97 Å². The quantitative estimate of drug-likeness (QED) is 0.0974. The van der Waals surface area contributed by atoms with Crippen LogP contribution in [0.2, 0.25) is 0 Å². The molecule has 1 aromatic rings. The number of aromatic hydroxyl groups is 1. The third kappa shape index (κ3) is 13.0. The highest BCUT2D eigenvalue weighted by Crippen LogP contribution is 2.12. The molecule has 4 unspecified atom stereocenters. The van der Waals surface area contributed by atoms with E-state index in [1.165, 1.54) is 23.9 Å². The second-order valence-corrected chi connectivity index (χ2v) is 9.78. The number of carboxylic acids is 1. The zero-order chi connectivity index (χ0) is 29.5. The lowest BCUT2D eigenvalue weighted by molar-refractivity contribution is -0.142. The number of hydrogen-bond donors (Lipinski definition) is 8. The molecule has 11 N–H and O–H groups in total. The van der Waals surface area contributed by atoms with Crippen LogP contribution in [0.15, 0.2) is 24.3 Å². The number of carbonyl (C=O) groups is 6. The number of benzene rings is 1. The Kier molecular flexibility index (Phi) is 14.4. The summed E-state index contributed by atoms with van der Waals surface area (Å²) in [5, 5.41) is 26.4. The van der Waals surface area contributed by atoms with E-state index >= 15 is 0 Å². The van der Waals surface area contributed by atoms with Crippen molar-refractivity contribution in [3.63, 3.8) is 0 Å². The number of primary amides is 2. The minimum atomic E-state index is -1.41. The molecule has 0 saturated carbocycles. The highest BCUT2D eigenvalue weighted by molar-refractivity contribution is 7.98. The summed E-state index contributed by atoms with van der Waals surface area (Å²) in [6.45, 7) is 0. The van der Waals surface area contributed by atoms with Gasteiger partial charge in [0, 0.05) is 19.3 Å². The third-order valence-corrected chi connectivity index (χ3v) is 6.23. The van der Waals surface area contributed by atoms with Gasteiger partial charge in [0.15, 0.2) is 0 Å². The standard InChI is InChI=1S/C24H36N6O8S/c1-39-11-10-16(22(35)29-17(24(37)38)7-9-20(27)33)28-23(36)18(12-13-2-4-14(31)5-3-13)30-21(34)15(25)6-8-19(26)32/h2-5,15-18,31H,6-12,25H2,1H3,(H2,26,32)(H2,27,33)(H,28,36)(H,29,35)(H,30,34)(H,37,38). The van der Waals surface area contributed by atoms with E-state index in [0.29, 0.717) is 11.3 Å². The predicted octanol–water partition coefficient (Wildman–Crippen LogP) is -1.91. The Bertz CT molecular complexity index is 1020. The molecular formula is C24H36N6O8S. The SMILES string of the molecule is CSCCC(NC(=O)C(Cc1ccc(O)cc1)NC(=O)C(N)CCC(N)=O)C(=O)NC(CCC(N)=O)C(=O)O. The molecule has 0 aliphatic heterocycles. The van der Waals surface area contributed by atoms with Crippen LogP contribution < -0.4 is 33.2 Å². The predicted molar refractivity (Wildman–Crippen MR) is 143 cm³/mol. The first-order valence-corrected chi connectivity index (χ1v) is 13.5. The molecule has 39 heavy (non-hydrogen) atoms. The monoisotopic (exact) mass is 568 g/mol. The van der Waals surface area contributed by atoms with Gasteiger partial charge in [0.1, 0.15) is 23.9 Å². The first-order chi connectivity index (χ1) is 18.3. The van der Waals surface area contributed by atoms with Crippen LogP contribution in [0.1, 0.15) is 37.7 Å². The maximum atomic E-state index is 13.3. The highest BCUT2D eigenvalue weighted by Gasteiger charge is 2.30. The molecule has 0 heterocycles. The van der Waals surface area contributed by atoms with Crippen molar-refractivity contribution in [1.29, 1.82) is 0 Å². The minimum absolute atomic E-state index is 0.00428. The van der Waals surface area contributed by atoms with Crippen LogP contribution in [0, 0.1) is 0 Å². The zero-order valence-electron chi connectivity index (χ0n) is 21.6. The molecule has 0 spiro atoms. The van der Waals surface area contributed by atoms with Crippen molar-refractivity contribution in [3.8, 4) is 5.75 Å². The van der Waals surface area contributed by atoms with Crippen molar-refractivity contribution in [2.45, 2.75) is 62.7 Å². The number of nitrogens with two attached hydrogens (primary N) is 3. The maximum Gasteiger partial charge on any atom is 0.326 e. The molecule has 1 rings (SSSR count). The van der Waals surface area contributed by atoms with Gasteiger partial charge in [-0.05, 0) is 49.0 Å². The lowest BCUT2D eigenvalue weighted by Gasteiger charge is -2.25. The van der Waals surface area contributed by atoms with E-state index in [9.17, 15) is 39.0 Å². The molecule has 5 amide bonds. The third-order valence-electron chi connectivity index (χ3n) is 5.59. The molecule has 14 nitrogen and oxygen atoms in total. The maximum absolute atomic E-state index is 13.3. The summed E-state index contributed by atoms with van der Waals surface area (Å²) in [4.78, 5) is 72.6. The average Bonchev–Trinajstić information content (AvgIpc) is 2.87. The Morgan fingerprint density at radius 1 is 0.795 bits per heavy atom. The summed E-state index contributed by atoms with van der Waals surface area (Å²) in [6.07, 6.45) is 1.20. The summed E-state index contributed by atoms with van der Waals surface area (Å²) in [5.41, 5.74) is 16.6. The summed E-state index contributed by atoms with van der Waals surface area (Å²) < 4.78 is 0. The zero-order valence-corrected chi connectivity index (χ0v) is 22.4. The number of nitrogens with one attached hydrogen (secondary N) is 3. The summed E-state index contributed by atoms with van der Waals surface area (Å²) >= 11 is 1.39. The van der Waals surface area contributed by atoms with E-state index in [1.54, 1.807) is 18.4 Å². The van der Waals surface area contributed by atoms with E-state index in [4.69, 9.17) is 17.2 Å². The van der Waals surface area contributed by atoms with Gasteiger partial charge in [-0.15, -0.1) is 0 Å². The average molecular weight is 569 g/mol. The molecule has 0 aliphatic carbocycles. The van der Waals surface area contributed by atoms with Crippen LogP contribution in [0.4, 0.5) is 0 Å². The Morgan fingerprint density at radius 2 is 1.31 bits per heavy atom. The van der Waals surface area contributed by atoms with Gasteiger partial charge in [0.05, 0.1) is 6.04 Å². The summed E-state index contributed by atoms with van der Waals surface area (Å²) in [5.74, 6) is -4.58. The smallest absolute Gasteiger partial charge is 0.326 e. The molecule has 0 fully saturated rings. The second kappa shape index (κ2) is 16.9. The minimum Gasteiger partial charge on any atom is -0.508 e. The molecule has 15 heteroatoms. The number of hydrogen-bond acceptors (Lipinski definition) is 9. The summed E-state index contributed by atoms with van der Waals surface area (Å²) in [6, 6.07) is 0.972. The van der Waals surface area contributed by atoms with Gasteiger partial charge in [0.25, 0.3) is 0 Å². The van der Waals surface area contributed by atoms with Crippen LogP contribution in [0.25, 0.3) is 0 Å². The fourth-order valence-corrected chi connectivity index (χ4v) is 3.85. The number of carboxylic acid groups (broad SMARTS) is 1. The number of thioether (sulfide) groups is 1. The molecular weight excluding hydrogens is 532 g/mol. The van der Waals surface area contributed by atoms with Crippen molar-refractivity contribution in [2.24, 2.45) is 17.2 Å². The Morgan fingerprint density at radius 3 is 1.85 bits per heavy atom. The van der Waals surface area contributed by atoms with E-state index in [-0.39, 0.29) is 44.3 Å². The molecule has 0 aromatic heterocycles. The normalized spacial score (nSPS) is 13.8. The van der Waals surface area contributed by atoms with E-state index < -0.39 is 59.7 Å². The molecule has 1 aromatic carbocycles. The number of rotatable bonds is 18. The first kappa shape index (κ1) is 33.2. The van der Waals surface area contributed by atoms with Gasteiger partial charge in [-0.1, -0.05) is 12.1 Å². The van der Waals surface area contributed by atoms with Crippen molar-refractivity contribution in [3.05, 3.63) is 29.8 Å². The van der Waals surface area contributed by atoms with Gasteiger partial charge < -0.3 is 43.4 Å². The van der Waals surface area contributed by atoms with Crippen LogP contribution in [-0.4, -0.2) is 81.9 Å². The Hall–Kier alpha value is -3.85. The fourth-order valence-electron chi connectivity index (χ4n) is 3.38. The van der Waals surface area contributed by atoms with Crippen molar-refractivity contribution < 1.29 is 39.0 Å². The number of carbonyl (C=O) groups excluding carboxylic acids is 5. The van der Waals surface area contributed by atoms with Gasteiger partial charge in [-0.25, -0.2) is 4.79 Å². The molecule has 4 atom stereocenters. The largest absolute Gasteiger partial charge is 0.508 e. The van der Waals surface area contributed by atoms with E-state index in [2.05, 4.69) is 16.0 Å². The van der Waals surface area contributed by atoms with Crippen LogP contribution >= 0.6 is 11.8 Å². The lowest BCUT2D eigenvalue weighted by Crippen LogP contribution is -2.57. The number of phenolic OH excluding ortho intramolecular Hbond substituents is 1. The van der Waals surface area contributed by atoms with Crippen LogP contribution in [0.3, 0.4) is 0 Å². The lowest BCUT2D eigenvalue weighted by atomic mass is 10.0. The Balaban J connectivity index is 3.10. The highest BCUT2D eigenvalue weighted by atomic mass is 32.2. The number of amides is 5. The van der Waals surface area contributed by atoms with E-state index in [0.717, 1.165) is 0 Å². The van der Waals surface area contributed by atoms with Crippen molar-refractivity contribution in [1.82, 2.24) is 16.0 Å². The van der Waals surface area contributed by atoms with Crippen molar-refractivity contribution >= 4 is 47.3 Å². The van der Waals surface area contributed by atoms with Gasteiger partial charge in [0.2, 0.25) is 29.5 Å². The topological polar surface area (TPSA) is 257 Å². The number of phenols is 1. The molecule has 0 radical (unpaired) electrons.